The van der Waals surface area contributed by atoms with Gasteiger partial charge in [-0.05, 0) is 32.0 Å². The lowest BCUT2D eigenvalue weighted by Gasteiger charge is -2.26. The number of hydrogen-bond acceptors (Lipinski definition) is 4. The third-order valence-electron chi connectivity index (χ3n) is 4.42. The normalized spacial score (nSPS) is 17.1. The zero-order valence-electron chi connectivity index (χ0n) is 13.7. The fourth-order valence-electron chi connectivity index (χ4n) is 3.43. The number of benzene rings is 1. The van der Waals surface area contributed by atoms with Crippen LogP contribution in [-0.4, -0.2) is 20.4 Å². The van der Waals surface area contributed by atoms with Gasteiger partial charge in [0.25, 0.3) is 0 Å². The van der Waals surface area contributed by atoms with Crippen LogP contribution in [0.5, 0.6) is 0 Å². The molecule has 0 saturated carbocycles. The molecule has 1 aliphatic rings. The van der Waals surface area contributed by atoms with Crippen molar-refractivity contribution >= 4 is 28.6 Å². The van der Waals surface area contributed by atoms with Crippen molar-refractivity contribution in [3.8, 4) is 0 Å². The zero-order chi connectivity index (χ0) is 16.8. The maximum Gasteiger partial charge on any atom is 0.226 e. The van der Waals surface area contributed by atoms with Crippen LogP contribution < -0.4 is 11.1 Å². The van der Waals surface area contributed by atoms with Crippen LogP contribution in [0.15, 0.2) is 36.4 Å². The van der Waals surface area contributed by atoms with Crippen molar-refractivity contribution in [1.29, 1.82) is 0 Å². The molecule has 24 heavy (non-hydrogen) atoms. The number of anilines is 2. The SMILES string of the molecule is CC(C)n1c([C@H]2CC(=O)Nc3nc(N)ccc32)nc2ccccc21. The Labute approximate surface area is 139 Å². The monoisotopic (exact) mass is 321 g/mol. The lowest BCUT2D eigenvalue weighted by atomic mass is 9.91. The molecule has 0 radical (unpaired) electrons. The number of hydrogen-bond donors (Lipinski definition) is 2. The highest BCUT2D eigenvalue weighted by Gasteiger charge is 2.32. The van der Waals surface area contributed by atoms with Gasteiger partial charge in [-0.1, -0.05) is 18.2 Å². The van der Waals surface area contributed by atoms with Crippen LogP contribution in [0.25, 0.3) is 11.0 Å². The lowest BCUT2D eigenvalue weighted by Crippen LogP contribution is -2.26. The summed E-state index contributed by atoms with van der Waals surface area (Å²) < 4.78 is 2.21. The van der Waals surface area contributed by atoms with E-state index < -0.39 is 0 Å². The number of imidazole rings is 1. The number of pyridine rings is 1. The molecular weight excluding hydrogens is 302 g/mol. The van der Waals surface area contributed by atoms with E-state index in [0.717, 1.165) is 22.4 Å². The molecule has 4 rings (SSSR count). The summed E-state index contributed by atoms with van der Waals surface area (Å²) in [6.45, 7) is 4.26. The van der Waals surface area contributed by atoms with Crippen LogP contribution in [0, 0.1) is 0 Å². The molecule has 6 heteroatoms. The summed E-state index contributed by atoms with van der Waals surface area (Å²) in [5, 5.41) is 2.82. The molecule has 0 bridgehead atoms. The summed E-state index contributed by atoms with van der Waals surface area (Å²) in [7, 11) is 0. The Balaban J connectivity index is 1.95. The number of carbonyl (C=O) groups excluding carboxylic acids is 1. The molecule has 0 spiro atoms. The summed E-state index contributed by atoms with van der Waals surface area (Å²) >= 11 is 0. The number of aromatic nitrogens is 3. The third kappa shape index (κ3) is 2.22. The molecule has 122 valence electrons. The first-order valence-electron chi connectivity index (χ1n) is 8.07. The smallest absolute Gasteiger partial charge is 0.226 e. The molecule has 3 heterocycles. The van der Waals surface area contributed by atoms with Crippen LogP contribution in [0.2, 0.25) is 0 Å². The predicted molar refractivity (Wildman–Crippen MR) is 93.9 cm³/mol. The predicted octanol–water partition coefficient (Wildman–Crippen LogP) is 3.07. The van der Waals surface area contributed by atoms with Crippen LogP contribution in [0.3, 0.4) is 0 Å². The summed E-state index contributed by atoms with van der Waals surface area (Å²) in [5.41, 5.74) is 8.75. The van der Waals surface area contributed by atoms with Crippen molar-refractivity contribution in [3.63, 3.8) is 0 Å². The third-order valence-corrected chi connectivity index (χ3v) is 4.42. The van der Waals surface area contributed by atoms with Crippen LogP contribution in [-0.2, 0) is 4.79 Å². The van der Waals surface area contributed by atoms with Gasteiger partial charge < -0.3 is 15.6 Å². The van der Waals surface area contributed by atoms with E-state index in [1.165, 1.54) is 0 Å². The average molecular weight is 321 g/mol. The molecule has 1 aliphatic heterocycles. The Bertz CT molecular complexity index is 944. The summed E-state index contributed by atoms with van der Waals surface area (Å²) in [5.74, 6) is 1.64. The van der Waals surface area contributed by atoms with Gasteiger partial charge in [-0.25, -0.2) is 9.97 Å². The van der Waals surface area contributed by atoms with Gasteiger partial charge in [-0.3, -0.25) is 4.79 Å². The van der Waals surface area contributed by atoms with Crippen molar-refractivity contribution < 1.29 is 4.79 Å². The van der Waals surface area contributed by atoms with E-state index in [1.54, 1.807) is 6.07 Å². The van der Waals surface area contributed by atoms with Crippen molar-refractivity contribution in [2.24, 2.45) is 0 Å². The Morgan fingerprint density at radius 3 is 2.79 bits per heavy atom. The van der Waals surface area contributed by atoms with E-state index in [4.69, 9.17) is 10.7 Å². The maximum absolute atomic E-state index is 12.2. The second-order valence-corrected chi connectivity index (χ2v) is 6.40. The van der Waals surface area contributed by atoms with Crippen LogP contribution >= 0.6 is 0 Å². The van der Waals surface area contributed by atoms with E-state index in [0.29, 0.717) is 18.1 Å². The van der Waals surface area contributed by atoms with E-state index in [-0.39, 0.29) is 17.9 Å². The standard InChI is InChI=1S/C18H19N5O/c1-10(2)23-14-6-4-3-5-13(14)20-18(23)12-9-16(24)22-17-11(12)7-8-15(19)21-17/h3-8,10,12H,9H2,1-2H3,(H3,19,21,22,24)/t12-/m0/s1. The molecular formula is C18H19N5O. The maximum atomic E-state index is 12.2. The lowest BCUT2D eigenvalue weighted by molar-refractivity contribution is -0.116. The van der Waals surface area contributed by atoms with E-state index in [1.807, 2.05) is 24.3 Å². The molecule has 0 aliphatic carbocycles. The van der Waals surface area contributed by atoms with Crippen molar-refractivity contribution in [3.05, 3.63) is 47.8 Å². The second kappa shape index (κ2) is 5.33. The average Bonchev–Trinajstić information content (AvgIpc) is 2.93. The van der Waals surface area contributed by atoms with Gasteiger partial charge in [0.2, 0.25) is 5.91 Å². The molecule has 3 aromatic rings. The Morgan fingerprint density at radius 1 is 1.21 bits per heavy atom. The fraction of sp³-hybridized carbons (Fsp3) is 0.278. The number of carbonyl (C=O) groups is 1. The van der Waals surface area contributed by atoms with Gasteiger partial charge in [0.1, 0.15) is 17.5 Å². The minimum Gasteiger partial charge on any atom is -0.384 e. The largest absolute Gasteiger partial charge is 0.384 e. The highest BCUT2D eigenvalue weighted by atomic mass is 16.1. The highest BCUT2D eigenvalue weighted by molar-refractivity contribution is 5.94. The Morgan fingerprint density at radius 2 is 2.00 bits per heavy atom. The van der Waals surface area contributed by atoms with Crippen molar-refractivity contribution in [2.45, 2.75) is 32.2 Å². The first-order valence-corrected chi connectivity index (χ1v) is 8.07. The first-order chi connectivity index (χ1) is 11.5. The Kier molecular flexibility index (Phi) is 3.26. The van der Waals surface area contributed by atoms with Gasteiger partial charge in [0.15, 0.2) is 0 Å². The quantitative estimate of drug-likeness (QED) is 0.759. The number of rotatable bonds is 2. The second-order valence-electron chi connectivity index (χ2n) is 6.40. The van der Waals surface area contributed by atoms with Gasteiger partial charge in [0.05, 0.1) is 17.0 Å². The number of nitrogen functional groups attached to an aromatic ring is 1. The molecule has 0 fully saturated rings. The van der Waals surface area contributed by atoms with Crippen molar-refractivity contribution in [1.82, 2.24) is 14.5 Å². The molecule has 3 N–H and O–H groups in total. The highest BCUT2D eigenvalue weighted by Crippen LogP contribution is 2.38. The van der Waals surface area contributed by atoms with Crippen LogP contribution in [0.1, 0.15) is 43.6 Å². The molecule has 6 nitrogen and oxygen atoms in total. The van der Waals surface area contributed by atoms with Crippen LogP contribution in [0.4, 0.5) is 11.6 Å². The van der Waals surface area contributed by atoms with Gasteiger partial charge in [0, 0.05) is 18.0 Å². The van der Waals surface area contributed by atoms with E-state index in [9.17, 15) is 4.79 Å². The van der Waals surface area contributed by atoms with Crippen molar-refractivity contribution in [2.75, 3.05) is 11.1 Å². The number of fused-ring (bicyclic) bond motifs is 2. The molecule has 1 aromatic carbocycles. The first kappa shape index (κ1) is 14.7. The Hall–Kier alpha value is -2.89. The van der Waals surface area contributed by atoms with Gasteiger partial charge in [-0.2, -0.15) is 0 Å². The number of amides is 1. The van der Waals surface area contributed by atoms with Gasteiger partial charge in [-0.15, -0.1) is 0 Å². The molecule has 2 aromatic heterocycles. The van der Waals surface area contributed by atoms with E-state index in [2.05, 4.69) is 34.8 Å². The number of nitrogens with two attached hydrogens (primary N) is 1. The minimum atomic E-state index is -0.128. The molecule has 1 amide bonds. The molecule has 0 saturated heterocycles. The minimum absolute atomic E-state index is 0.0621. The summed E-state index contributed by atoms with van der Waals surface area (Å²) in [4.78, 5) is 21.3. The number of para-hydroxylation sites is 2. The number of nitrogens with zero attached hydrogens (tertiary/aromatic N) is 3. The topological polar surface area (TPSA) is 85.8 Å². The molecule has 1 atom stereocenters. The summed E-state index contributed by atoms with van der Waals surface area (Å²) in [6, 6.07) is 12.0. The summed E-state index contributed by atoms with van der Waals surface area (Å²) in [6.07, 6.45) is 0.356. The van der Waals surface area contributed by atoms with Gasteiger partial charge >= 0.3 is 0 Å². The fourth-order valence-corrected chi connectivity index (χ4v) is 3.43. The van der Waals surface area contributed by atoms with E-state index >= 15 is 0 Å². The zero-order valence-corrected chi connectivity index (χ0v) is 13.7. The molecule has 0 unspecified atom stereocenters. The number of nitrogens with one attached hydrogen (secondary N) is 1.